The van der Waals surface area contributed by atoms with E-state index in [4.69, 9.17) is 9.47 Å². The van der Waals surface area contributed by atoms with Crippen LogP contribution in [0.2, 0.25) is 0 Å². The number of carboxylic acid groups (broad SMARTS) is 1. The Morgan fingerprint density at radius 1 is 1.19 bits per heavy atom. The molecule has 6 N–H and O–H groups in total. The first kappa shape index (κ1) is 29.9. The number of thioether (sulfide) groups is 1. The fourth-order valence-electron chi connectivity index (χ4n) is 5.99. The van der Waals surface area contributed by atoms with E-state index in [1.807, 2.05) is 0 Å². The molecule has 3 saturated heterocycles. The van der Waals surface area contributed by atoms with Gasteiger partial charge in [0.2, 0.25) is 5.60 Å². The second kappa shape index (κ2) is 10.5. The van der Waals surface area contributed by atoms with Crippen LogP contribution in [-0.4, -0.2) is 97.1 Å². The maximum absolute atomic E-state index is 12.7. The highest BCUT2D eigenvalue weighted by molar-refractivity contribution is 8.00. The van der Waals surface area contributed by atoms with E-state index < -0.39 is 58.9 Å². The fraction of sp³-hybridized carbons (Fsp3) is 0.880. The number of aliphatic carboxylic acids is 1. The number of carboxylic acids is 1. The van der Waals surface area contributed by atoms with Crippen molar-refractivity contribution in [2.75, 3.05) is 12.4 Å². The lowest BCUT2D eigenvalue weighted by molar-refractivity contribution is -0.352. The maximum atomic E-state index is 12.7. The molecule has 12 heteroatoms. The van der Waals surface area contributed by atoms with Gasteiger partial charge >= 0.3 is 18.0 Å². The molecule has 0 bridgehead atoms. The summed E-state index contributed by atoms with van der Waals surface area (Å²) in [6, 6.07) is 0.0815. The van der Waals surface area contributed by atoms with Crippen molar-refractivity contribution in [3.8, 4) is 0 Å². The van der Waals surface area contributed by atoms with Gasteiger partial charge in [0, 0.05) is 28.8 Å². The molecule has 0 spiro atoms. The van der Waals surface area contributed by atoms with Gasteiger partial charge in [0.25, 0.3) is 0 Å². The van der Waals surface area contributed by atoms with Gasteiger partial charge in [-0.05, 0) is 33.6 Å². The largest absolute Gasteiger partial charge is 0.479 e. The number of hydrogen-bond acceptors (Lipinski definition) is 9. The van der Waals surface area contributed by atoms with E-state index >= 15 is 0 Å². The molecule has 212 valence electrons. The zero-order valence-corrected chi connectivity index (χ0v) is 23.3. The van der Waals surface area contributed by atoms with Gasteiger partial charge in [0.15, 0.2) is 0 Å². The molecule has 0 aliphatic carbocycles. The summed E-state index contributed by atoms with van der Waals surface area (Å²) in [5.74, 6) is -1.96. The van der Waals surface area contributed by atoms with Crippen LogP contribution in [0.5, 0.6) is 0 Å². The summed E-state index contributed by atoms with van der Waals surface area (Å²) in [6.45, 7) is 8.30. The molecule has 0 radical (unpaired) electrons. The summed E-state index contributed by atoms with van der Waals surface area (Å²) in [6.07, 6.45) is -0.596. The number of esters is 1. The van der Waals surface area contributed by atoms with Crippen LogP contribution in [0, 0.1) is 11.3 Å². The monoisotopic (exact) mass is 546 g/mol. The van der Waals surface area contributed by atoms with Crippen LogP contribution < -0.4 is 10.6 Å². The van der Waals surface area contributed by atoms with Gasteiger partial charge in [-0.3, -0.25) is 4.79 Å². The normalized spacial score (nSPS) is 40.3. The third-order valence-electron chi connectivity index (χ3n) is 9.26. The highest BCUT2D eigenvalue weighted by Crippen LogP contribution is 2.57. The Balaban J connectivity index is 1.65. The summed E-state index contributed by atoms with van der Waals surface area (Å²) in [5, 5.41) is 48.8. The van der Waals surface area contributed by atoms with Crippen molar-refractivity contribution in [1.82, 2.24) is 10.6 Å². The van der Waals surface area contributed by atoms with Gasteiger partial charge in [-0.15, -0.1) is 0 Å². The Morgan fingerprint density at radius 3 is 2.43 bits per heavy atom. The summed E-state index contributed by atoms with van der Waals surface area (Å²) in [5.41, 5.74) is -6.97. The number of carbonyl (C=O) groups excluding carboxylic acids is 2. The molecular formula is C25H42N2O9S. The minimum absolute atomic E-state index is 0.0760. The molecule has 3 heterocycles. The van der Waals surface area contributed by atoms with Crippen LogP contribution in [0.3, 0.4) is 0 Å². The molecule has 9 atom stereocenters. The van der Waals surface area contributed by atoms with Gasteiger partial charge < -0.3 is 40.5 Å². The lowest BCUT2D eigenvalue weighted by atomic mass is 9.54. The zero-order chi connectivity index (χ0) is 28.0. The fourth-order valence-corrected chi connectivity index (χ4v) is 7.53. The molecule has 0 aromatic heterocycles. The summed E-state index contributed by atoms with van der Waals surface area (Å²) >= 11 is 1.79. The van der Waals surface area contributed by atoms with Crippen LogP contribution in [0.15, 0.2) is 0 Å². The molecular weight excluding hydrogens is 504 g/mol. The number of urea groups is 1. The maximum Gasteiger partial charge on any atom is 0.340 e. The lowest BCUT2D eigenvalue weighted by Gasteiger charge is -2.63. The molecule has 3 rings (SSSR count). The van der Waals surface area contributed by atoms with Gasteiger partial charge in [0.1, 0.15) is 18.3 Å². The van der Waals surface area contributed by atoms with E-state index in [0.717, 1.165) is 18.6 Å². The van der Waals surface area contributed by atoms with E-state index in [-0.39, 0.29) is 29.8 Å². The Labute approximate surface area is 222 Å². The number of aliphatic hydroxyl groups is 3. The predicted octanol–water partition coefficient (Wildman–Crippen LogP) is 1.02. The number of unbranched alkanes of at least 4 members (excludes halogenated alkanes) is 1. The lowest BCUT2D eigenvalue weighted by Crippen LogP contribution is -2.78. The van der Waals surface area contributed by atoms with E-state index in [1.54, 1.807) is 18.7 Å². The summed E-state index contributed by atoms with van der Waals surface area (Å²) < 4.78 is 11.5. The molecule has 5 unspecified atom stereocenters. The highest BCUT2D eigenvalue weighted by Gasteiger charge is 2.72. The number of aliphatic hydroxyl groups excluding tert-OH is 2. The summed E-state index contributed by atoms with van der Waals surface area (Å²) in [7, 11) is 0. The quantitative estimate of drug-likeness (QED) is 0.132. The molecule has 2 amide bonds. The minimum atomic E-state index is -2.19. The average molecular weight is 547 g/mol. The van der Waals surface area contributed by atoms with E-state index in [0.29, 0.717) is 6.42 Å². The van der Waals surface area contributed by atoms with E-state index in [1.165, 1.54) is 34.6 Å². The number of rotatable bonds is 10. The average Bonchev–Trinajstić information content (AvgIpc) is 3.36. The van der Waals surface area contributed by atoms with Crippen molar-refractivity contribution in [2.24, 2.45) is 11.3 Å². The second-order valence-electron chi connectivity index (χ2n) is 11.6. The molecule has 0 aromatic carbocycles. The molecule has 3 fully saturated rings. The number of nitrogens with one attached hydrogen (secondary N) is 2. The van der Waals surface area contributed by atoms with Crippen LogP contribution in [0.25, 0.3) is 0 Å². The molecule has 0 saturated carbocycles. The number of ether oxygens (including phenoxy) is 2. The van der Waals surface area contributed by atoms with Crippen molar-refractivity contribution >= 4 is 29.7 Å². The summed E-state index contributed by atoms with van der Waals surface area (Å²) in [4.78, 5) is 36.8. The van der Waals surface area contributed by atoms with Crippen LogP contribution in [0.1, 0.15) is 67.2 Å². The third-order valence-corrected chi connectivity index (χ3v) is 10.8. The standard InChI is InChI=1S/C25H42N2O9S/c1-13(28)19(30)23(5)14(2)24(6,34)22(3,4)25(36-23,20(31)32)12-35-17(29)10-8-7-9-16-18-15(11-37-16)26-21(33)27-18/h13-16,18-19,28,30,34H,7-12H2,1-6H3,(H,31,32)(H2,26,27,33)/t13?,14-,15+,16?,18+,19?,23?,24?,25+/m1/s1. The molecule has 0 aromatic rings. The molecule has 3 aliphatic rings. The number of fused-ring (bicyclic) bond motifs is 1. The number of carbonyl (C=O) groups is 3. The van der Waals surface area contributed by atoms with Gasteiger partial charge in [-0.2, -0.15) is 11.8 Å². The Morgan fingerprint density at radius 2 is 1.84 bits per heavy atom. The first-order valence-electron chi connectivity index (χ1n) is 12.9. The Hall–Kier alpha value is -1.60. The highest BCUT2D eigenvalue weighted by atomic mass is 32.2. The topological polar surface area (TPSA) is 175 Å². The van der Waals surface area contributed by atoms with E-state index in [2.05, 4.69) is 10.6 Å². The first-order valence-corrected chi connectivity index (χ1v) is 13.9. The number of amides is 2. The van der Waals surface area contributed by atoms with Gasteiger partial charge in [0.05, 0.1) is 23.8 Å². The van der Waals surface area contributed by atoms with Gasteiger partial charge in [-0.1, -0.05) is 27.2 Å². The smallest absolute Gasteiger partial charge is 0.340 e. The first-order chi connectivity index (χ1) is 17.0. The van der Waals surface area contributed by atoms with Crippen molar-refractivity contribution in [3.05, 3.63) is 0 Å². The van der Waals surface area contributed by atoms with Crippen molar-refractivity contribution in [2.45, 2.75) is 114 Å². The zero-order valence-electron chi connectivity index (χ0n) is 22.4. The molecule has 3 aliphatic heterocycles. The minimum Gasteiger partial charge on any atom is -0.479 e. The van der Waals surface area contributed by atoms with Crippen molar-refractivity contribution < 1.29 is 44.3 Å². The Bertz CT molecular complexity index is 897. The van der Waals surface area contributed by atoms with Crippen LogP contribution >= 0.6 is 11.8 Å². The second-order valence-corrected chi connectivity index (χ2v) is 12.9. The SMILES string of the molecule is CC(O)C(O)C1(C)O[C@@](COC(=O)CCCCC2SC[C@@H]3NC(=O)N[C@H]23)(C(=O)O)C(C)(C)C(C)(O)[C@@H]1C. The van der Waals surface area contributed by atoms with Crippen LogP contribution in [-0.2, 0) is 19.1 Å². The molecule has 37 heavy (non-hydrogen) atoms. The predicted molar refractivity (Wildman–Crippen MR) is 136 cm³/mol. The van der Waals surface area contributed by atoms with E-state index in [9.17, 15) is 34.8 Å². The van der Waals surface area contributed by atoms with Crippen LogP contribution in [0.4, 0.5) is 4.79 Å². The van der Waals surface area contributed by atoms with Crippen molar-refractivity contribution in [3.63, 3.8) is 0 Å². The van der Waals surface area contributed by atoms with Gasteiger partial charge in [-0.25, -0.2) is 9.59 Å². The Kier molecular flexibility index (Phi) is 8.51. The molecule has 11 nitrogen and oxygen atoms in total. The third kappa shape index (κ3) is 5.07. The van der Waals surface area contributed by atoms with Crippen molar-refractivity contribution in [1.29, 1.82) is 0 Å². The number of hydrogen-bond donors (Lipinski definition) is 6.